The van der Waals surface area contributed by atoms with Crippen LogP contribution in [0.1, 0.15) is 11.3 Å². The highest BCUT2D eigenvalue weighted by Crippen LogP contribution is 2.17. The summed E-state index contributed by atoms with van der Waals surface area (Å²) in [6, 6.07) is 4.51. The van der Waals surface area contributed by atoms with Crippen molar-refractivity contribution >= 4 is 5.91 Å². The summed E-state index contributed by atoms with van der Waals surface area (Å²) in [5, 5.41) is 2.78. The molecule has 1 aromatic carbocycles. The lowest BCUT2D eigenvalue weighted by Crippen LogP contribution is -2.27. The molecule has 6 heteroatoms. The minimum atomic E-state index is -0.463. The van der Waals surface area contributed by atoms with Gasteiger partial charge in [-0.2, -0.15) is 0 Å². The molecule has 106 valence electrons. The normalized spacial score (nSPS) is 10.3. The monoisotopic (exact) mass is 277 g/mol. The van der Waals surface area contributed by atoms with Crippen molar-refractivity contribution in [2.24, 2.45) is 0 Å². The zero-order valence-corrected chi connectivity index (χ0v) is 11.1. The van der Waals surface area contributed by atoms with E-state index in [-0.39, 0.29) is 18.1 Å². The van der Waals surface area contributed by atoms with Gasteiger partial charge in [-0.15, -0.1) is 0 Å². The number of hydrogen-bond donors (Lipinski definition) is 2. The van der Waals surface area contributed by atoms with Crippen molar-refractivity contribution in [3.8, 4) is 5.75 Å². The summed E-state index contributed by atoms with van der Waals surface area (Å²) in [5.74, 6) is -0.433. The molecular weight excluding hydrogens is 261 g/mol. The highest BCUT2D eigenvalue weighted by molar-refractivity contribution is 5.78. The molecule has 0 aliphatic heterocycles. The number of nitrogens with zero attached hydrogens (tertiary/aromatic N) is 1. The maximum Gasteiger partial charge on any atom is 0.224 e. The van der Waals surface area contributed by atoms with Gasteiger partial charge in [0.05, 0.1) is 19.9 Å². The van der Waals surface area contributed by atoms with Crippen LogP contribution < -0.4 is 10.1 Å². The molecule has 0 radical (unpaired) electrons. The zero-order chi connectivity index (χ0) is 14.4. The lowest BCUT2D eigenvalue weighted by atomic mass is 10.1. The maximum absolute atomic E-state index is 13.5. The van der Waals surface area contributed by atoms with Crippen LogP contribution in [0.15, 0.2) is 30.7 Å². The van der Waals surface area contributed by atoms with Gasteiger partial charge in [0.15, 0.2) is 11.6 Å². The fraction of sp³-hybridized carbons (Fsp3) is 0.286. The van der Waals surface area contributed by atoms with Crippen LogP contribution >= 0.6 is 0 Å². The third kappa shape index (κ3) is 3.81. The van der Waals surface area contributed by atoms with Gasteiger partial charge in [-0.25, -0.2) is 9.37 Å². The Kier molecular flexibility index (Phi) is 4.70. The number of amides is 1. The van der Waals surface area contributed by atoms with Crippen molar-refractivity contribution in [3.05, 3.63) is 47.8 Å². The molecule has 0 atom stereocenters. The topological polar surface area (TPSA) is 67.0 Å². The molecule has 0 bridgehead atoms. The van der Waals surface area contributed by atoms with Crippen LogP contribution in [0, 0.1) is 5.82 Å². The number of aromatic nitrogens is 2. The minimum Gasteiger partial charge on any atom is -0.494 e. The van der Waals surface area contributed by atoms with E-state index >= 15 is 0 Å². The van der Waals surface area contributed by atoms with Gasteiger partial charge in [-0.05, 0) is 17.7 Å². The van der Waals surface area contributed by atoms with Crippen LogP contribution in [0.25, 0.3) is 0 Å². The van der Waals surface area contributed by atoms with Gasteiger partial charge in [0.2, 0.25) is 5.91 Å². The molecule has 0 saturated heterocycles. The second-order valence-corrected chi connectivity index (χ2v) is 4.32. The minimum absolute atomic E-state index is 0.143. The molecule has 2 N–H and O–H groups in total. The van der Waals surface area contributed by atoms with Crippen LogP contribution in [-0.2, 0) is 17.6 Å². The maximum atomic E-state index is 13.5. The van der Waals surface area contributed by atoms with Crippen LogP contribution in [0.3, 0.4) is 0 Å². The smallest absolute Gasteiger partial charge is 0.224 e. The number of ether oxygens (including phenoxy) is 1. The van der Waals surface area contributed by atoms with Crippen molar-refractivity contribution in [1.29, 1.82) is 0 Å². The Bertz CT molecular complexity index is 570. The predicted molar refractivity (Wildman–Crippen MR) is 72.0 cm³/mol. The molecular formula is C14H16FN3O2. The summed E-state index contributed by atoms with van der Waals surface area (Å²) in [6.07, 6.45) is 4.13. The first-order valence-corrected chi connectivity index (χ1v) is 6.25. The molecule has 0 spiro atoms. The summed E-state index contributed by atoms with van der Waals surface area (Å²) in [5.41, 5.74) is 1.57. The SMILES string of the molecule is COc1ccc(CC(=O)NCCc2cnc[nH]2)cc1F. The van der Waals surface area contributed by atoms with Crippen LogP contribution in [-0.4, -0.2) is 29.5 Å². The Morgan fingerprint density at radius 1 is 1.50 bits per heavy atom. The van der Waals surface area contributed by atoms with Crippen LogP contribution in [0.5, 0.6) is 5.75 Å². The predicted octanol–water partition coefficient (Wildman–Crippen LogP) is 1.46. The van der Waals surface area contributed by atoms with E-state index < -0.39 is 5.82 Å². The van der Waals surface area contributed by atoms with Crippen LogP contribution in [0.2, 0.25) is 0 Å². The molecule has 1 amide bonds. The molecule has 1 heterocycles. The van der Waals surface area contributed by atoms with Gasteiger partial charge in [0, 0.05) is 24.9 Å². The van der Waals surface area contributed by atoms with E-state index in [1.54, 1.807) is 18.6 Å². The summed E-state index contributed by atoms with van der Waals surface area (Å²) in [4.78, 5) is 18.6. The molecule has 0 aliphatic carbocycles. The number of H-pyrrole nitrogens is 1. The molecule has 2 aromatic rings. The molecule has 0 saturated carbocycles. The first kappa shape index (κ1) is 14.0. The summed E-state index contributed by atoms with van der Waals surface area (Å²) in [7, 11) is 1.40. The van der Waals surface area contributed by atoms with Crippen molar-refractivity contribution in [3.63, 3.8) is 0 Å². The third-order valence-electron chi connectivity index (χ3n) is 2.85. The fourth-order valence-electron chi connectivity index (χ4n) is 1.83. The zero-order valence-electron chi connectivity index (χ0n) is 11.1. The molecule has 0 unspecified atom stereocenters. The molecule has 0 aliphatic rings. The summed E-state index contributed by atoms with van der Waals surface area (Å²) < 4.78 is 18.3. The van der Waals surface area contributed by atoms with Crippen molar-refractivity contribution < 1.29 is 13.9 Å². The highest BCUT2D eigenvalue weighted by atomic mass is 19.1. The third-order valence-corrected chi connectivity index (χ3v) is 2.85. The number of halogens is 1. The molecule has 2 rings (SSSR count). The largest absolute Gasteiger partial charge is 0.494 e. The Labute approximate surface area is 116 Å². The quantitative estimate of drug-likeness (QED) is 0.840. The van der Waals surface area contributed by atoms with Crippen molar-refractivity contribution in [2.45, 2.75) is 12.8 Å². The van der Waals surface area contributed by atoms with Gasteiger partial charge in [0.25, 0.3) is 0 Å². The Morgan fingerprint density at radius 2 is 2.35 bits per heavy atom. The first-order chi connectivity index (χ1) is 9.69. The van der Waals surface area contributed by atoms with E-state index in [9.17, 15) is 9.18 Å². The standard InChI is InChI=1S/C14H16FN3O2/c1-20-13-3-2-10(6-12(13)15)7-14(19)17-5-4-11-8-16-9-18-11/h2-3,6,8-9H,4-5,7H2,1H3,(H,16,18)(H,17,19). The Hall–Kier alpha value is -2.37. The van der Waals surface area contributed by atoms with E-state index in [2.05, 4.69) is 15.3 Å². The Morgan fingerprint density at radius 3 is 3.00 bits per heavy atom. The number of methoxy groups -OCH3 is 1. The number of carbonyl (C=O) groups is 1. The average molecular weight is 277 g/mol. The second-order valence-electron chi connectivity index (χ2n) is 4.32. The first-order valence-electron chi connectivity index (χ1n) is 6.25. The number of hydrogen-bond acceptors (Lipinski definition) is 3. The van der Waals surface area contributed by atoms with E-state index in [4.69, 9.17) is 4.74 Å². The van der Waals surface area contributed by atoms with E-state index in [0.717, 1.165) is 5.69 Å². The molecule has 0 fully saturated rings. The van der Waals surface area contributed by atoms with Gasteiger partial charge >= 0.3 is 0 Å². The second kappa shape index (κ2) is 6.70. The van der Waals surface area contributed by atoms with E-state index in [0.29, 0.717) is 18.5 Å². The molecule has 5 nitrogen and oxygen atoms in total. The Balaban J connectivity index is 1.80. The van der Waals surface area contributed by atoms with Crippen LogP contribution in [0.4, 0.5) is 4.39 Å². The number of benzene rings is 1. The summed E-state index contributed by atoms with van der Waals surface area (Å²) >= 11 is 0. The van der Waals surface area contributed by atoms with E-state index in [1.807, 2.05) is 0 Å². The summed E-state index contributed by atoms with van der Waals surface area (Å²) in [6.45, 7) is 0.514. The lowest BCUT2D eigenvalue weighted by molar-refractivity contribution is -0.120. The number of nitrogens with one attached hydrogen (secondary N) is 2. The number of carbonyl (C=O) groups excluding carboxylic acids is 1. The average Bonchev–Trinajstić information content (AvgIpc) is 2.92. The van der Waals surface area contributed by atoms with Gasteiger partial charge in [-0.3, -0.25) is 4.79 Å². The van der Waals surface area contributed by atoms with E-state index in [1.165, 1.54) is 19.2 Å². The van der Waals surface area contributed by atoms with Gasteiger partial charge in [0.1, 0.15) is 0 Å². The molecule has 20 heavy (non-hydrogen) atoms. The number of rotatable bonds is 6. The van der Waals surface area contributed by atoms with Gasteiger partial charge < -0.3 is 15.0 Å². The molecule has 1 aromatic heterocycles. The van der Waals surface area contributed by atoms with Crippen molar-refractivity contribution in [2.75, 3.05) is 13.7 Å². The van der Waals surface area contributed by atoms with Gasteiger partial charge in [-0.1, -0.05) is 6.07 Å². The number of aromatic amines is 1. The number of imidazole rings is 1. The highest BCUT2D eigenvalue weighted by Gasteiger charge is 2.07. The fourth-order valence-corrected chi connectivity index (χ4v) is 1.83. The van der Waals surface area contributed by atoms with Crippen molar-refractivity contribution in [1.82, 2.24) is 15.3 Å². The lowest BCUT2D eigenvalue weighted by Gasteiger charge is -2.06.